The Morgan fingerprint density at radius 2 is 1.86 bits per heavy atom. The first-order valence-corrected chi connectivity index (χ1v) is 12.5. The van der Waals surface area contributed by atoms with Crippen molar-refractivity contribution in [2.75, 3.05) is 38.6 Å². The van der Waals surface area contributed by atoms with Crippen LogP contribution in [0.25, 0.3) is 0 Å². The number of ether oxygens (including phenoxy) is 1. The second kappa shape index (κ2) is 11.4. The number of carbonyl (C=O) groups is 4. The van der Waals surface area contributed by atoms with Crippen LogP contribution in [0.5, 0.6) is 5.75 Å². The van der Waals surface area contributed by atoms with E-state index in [1.807, 2.05) is 0 Å². The average molecular weight is 486 g/mol. The van der Waals surface area contributed by atoms with Crippen molar-refractivity contribution in [3.05, 3.63) is 24.3 Å². The molecular weight excluding hydrogens is 450 g/mol. The zero-order valence-corrected chi connectivity index (χ0v) is 20.3. The first-order valence-electron chi connectivity index (χ1n) is 12.5. The molecule has 1 aromatic rings. The molecule has 0 radical (unpaired) electrons. The van der Waals surface area contributed by atoms with E-state index in [2.05, 4.69) is 16.0 Å². The Morgan fingerprint density at radius 3 is 2.60 bits per heavy atom. The fraction of sp³-hybridized carbons (Fsp3) is 0.600. The fourth-order valence-corrected chi connectivity index (χ4v) is 5.12. The molecular formula is C25H35N5O5. The molecule has 2 atom stereocenters. The highest BCUT2D eigenvalue weighted by atomic mass is 16.5. The van der Waals surface area contributed by atoms with Gasteiger partial charge in [-0.25, -0.2) is 4.79 Å². The van der Waals surface area contributed by atoms with Crippen LogP contribution in [0.1, 0.15) is 44.9 Å². The summed E-state index contributed by atoms with van der Waals surface area (Å²) >= 11 is 0. The number of nitrogens with zero attached hydrogens (tertiary/aromatic N) is 2. The molecule has 0 unspecified atom stereocenters. The van der Waals surface area contributed by atoms with Crippen LogP contribution in [0, 0.1) is 5.92 Å². The van der Waals surface area contributed by atoms with E-state index in [0.29, 0.717) is 30.9 Å². The van der Waals surface area contributed by atoms with Gasteiger partial charge in [-0.3, -0.25) is 14.4 Å². The molecule has 2 saturated heterocycles. The van der Waals surface area contributed by atoms with Gasteiger partial charge in [-0.05, 0) is 37.8 Å². The molecule has 35 heavy (non-hydrogen) atoms. The summed E-state index contributed by atoms with van der Waals surface area (Å²) in [6, 6.07) is 5.22. The van der Waals surface area contributed by atoms with Crippen molar-refractivity contribution in [3.63, 3.8) is 0 Å². The zero-order valence-electron chi connectivity index (χ0n) is 20.3. The lowest BCUT2D eigenvalue weighted by Gasteiger charge is -2.42. The molecule has 1 aromatic carbocycles. The SMILES string of the molecule is COc1cccc(NC(=O)N2CCN(C(=O)C3CCCCC3)[C@@H](C(=O)N[C@@H]3CCCNC3=O)C2)c1. The van der Waals surface area contributed by atoms with E-state index in [9.17, 15) is 19.2 Å². The number of piperidine rings is 1. The number of nitrogens with one attached hydrogen (secondary N) is 3. The molecule has 5 amide bonds. The maximum absolute atomic E-state index is 13.4. The molecule has 190 valence electrons. The lowest BCUT2D eigenvalue weighted by atomic mass is 9.87. The third-order valence-corrected chi connectivity index (χ3v) is 7.13. The summed E-state index contributed by atoms with van der Waals surface area (Å²) in [7, 11) is 1.55. The molecule has 1 aliphatic carbocycles. The number of benzene rings is 1. The molecule has 3 N–H and O–H groups in total. The summed E-state index contributed by atoms with van der Waals surface area (Å²) in [4.78, 5) is 55.2. The summed E-state index contributed by atoms with van der Waals surface area (Å²) in [5, 5.41) is 8.45. The summed E-state index contributed by atoms with van der Waals surface area (Å²) in [5.74, 6) is -0.0954. The number of hydrogen-bond acceptors (Lipinski definition) is 5. The average Bonchev–Trinajstić information content (AvgIpc) is 2.89. The van der Waals surface area contributed by atoms with Gasteiger partial charge in [0, 0.05) is 37.3 Å². The lowest BCUT2D eigenvalue weighted by molar-refractivity contribution is -0.147. The monoisotopic (exact) mass is 485 g/mol. The third-order valence-electron chi connectivity index (χ3n) is 7.13. The Bertz CT molecular complexity index is 948. The minimum absolute atomic E-state index is 0.0224. The summed E-state index contributed by atoms with van der Waals surface area (Å²) in [6.07, 6.45) is 6.14. The standard InChI is InChI=1S/C25H35N5O5/c1-35-19-10-5-9-18(15-19)27-25(34)29-13-14-30(24(33)17-7-3-2-4-8-17)21(16-29)23(32)28-20-11-6-12-26-22(20)31/h5,9-10,15,17,20-21H,2-4,6-8,11-14,16H2,1H3,(H,26,31)(H,27,34)(H,28,32)/t20-,21-/m1/s1. The van der Waals surface area contributed by atoms with Crippen molar-refractivity contribution in [2.24, 2.45) is 5.92 Å². The van der Waals surface area contributed by atoms with Gasteiger partial charge in [0.05, 0.1) is 13.7 Å². The molecule has 0 spiro atoms. The van der Waals surface area contributed by atoms with E-state index in [4.69, 9.17) is 4.74 Å². The van der Waals surface area contributed by atoms with E-state index in [1.54, 1.807) is 41.2 Å². The van der Waals surface area contributed by atoms with Gasteiger partial charge < -0.3 is 30.5 Å². The van der Waals surface area contributed by atoms with E-state index in [0.717, 1.165) is 38.5 Å². The largest absolute Gasteiger partial charge is 0.497 e. The van der Waals surface area contributed by atoms with Gasteiger partial charge in [0.15, 0.2) is 0 Å². The maximum Gasteiger partial charge on any atom is 0.321 e. The van der Waals surface area contributed by atoms with Crippen LogP contribution in [-0.4, -0.2) is 78.9 Å². The van der Waals surface area contributed by atoms with E-state index >= 15 is 0 Å². The number of anilines is 1. The minimum Gasteiger partial charge on any atom is -0.497 e. The number of piperazine rings is 1. The second-order valence-corrected chi connectivity index (χ2v) is 9.48. The van der Waals surface area contributed by atoms with Crippen molar-refractivity contribution < 1.29 is 23.9 Å². The number of urea groups is 1. The van der Waals surface area contributed by atoms with E-state index in [1.165, 1.54) is 0 Å². The van der Waals surface area contributed by atoms with Gasteiger partial charge in [-0.15, -0.1) is 0 Å². The number of rotatable bonds is 5. The van der Waals surface area contributed by atoms with Crippen molar-refractivity contribution >= 4 is 29.4 Å². The Kier molecular flexibility index (Phi) is 8.09. The predicted molar refractivity (Wildman–Crippen MR) is 130 cm³/mol. The predicted octanol–water partition coefficient (Wildman–Crippen LogP) is 1.72. The molecule has 10 heteroatoms. The van der Waals surface area contributed by atoms with Crippen molar-refractivity contribution in [1.29, 1.82) is 0 Å². The first-order chi connectivity index (χ1) is 17.0. The van der Waals surface area contributed by atoms with Crippen molar-refractivity contribution in [1.82, 2.24) is 20.4 Å². The van der Waals surface area contributed by atoms with Crippen molar-refractivity contribution in [2.45, 2.75) is 57.0 Å². The van der Waals surface area contributed by atoms with Crippen LogP contribution in [0.3, 0.4) is 0 Å². The second-order valence-electron chi connectivity index (χ2n) is 9.48. The fourth-order valence-electron chi connectivity index (χ4n) is 5.12. The van der Waals surface area contributed by atoms with Gasteiger partial charge in [-0.2, -0.15) is 0 Å². The Hall–Kier alpha value is -3.30. The molecule has 10 nitrogen and oxygen atoms in total. The number of methoxy groups -OCH3 is 1. The zero-order chi connectivity index (χ0) is 24.8. The molecule has 2 aliphatic heterocycles. The highest BCUT2D eigenvalue weighted by Gasteiger charge is 2.40. The highest BCUT2D eigenvalue weighted by Crippen LogP contribution is 2.27. The van der Waals surface area contributed by atoms with Crippen LogP contribution in [-0.2, 0) is 14.4 Å². The summed E-state index contributed by atoms with van der Waals surface area (Å²) in [6.45, 7) is 1.26. The smallest absolute Gasteiger partial charge is 0.321 e. The van der Waals surface area contributed by atoms with Gasteiger partial charge in [0.25, 0.3) is 0 Å². The number of carbonyl (C=O) groups excluding carboxylic acids is 4. The highest BCUT2D eigenvalue weighted by molar-refractivity contribution is 5.95. The summed E-state index contributed by atoms with van der Waals surface area (Å²) in [5.41, 5.74) is 0.579. The van der Waals surface area contributed by atoms with Crippen LogP contribution in [0.2, 0.25) is 0 Å². The lowest BCUT2D eigenvalue weighted by Crippen LogP contribution is -2.64. The molecule has 3 fully saturated rings. The quantitative estimate of drug-likeness (QED) is 0.587. The van der Waals surface area contributed by atoms with E-state index < -0.39 is 18.0 Å². The Labute approximate surface area is 205 Å². The normalized spacial score (nSPS) is 23.3. The third kappa shape index (κ3) is 6.04. The number of hydrogen-bond donors (Lipinski definition) is 3. The minimum atomic E-state index is -0.844. The van der Waals surface area contributed by atoms with Gasteiger partial charge in [0.1, 0.15) is 17.8 Å². The maximum atomic E-state index is 13.4. The van der Waals surface area contributed by atoms with E-state index in [-0.39, 0.29) is 36.9 Å². The van der Waals surface area contributed by atoms with Gasteiger partial charge >= 0.3 is 6.03 Å². The molecule has 0 bridgehead atoms. The molecule has 3 aliphatic rings. The molecule has 2 heterocycles. The topological polar surface area (TPSA) is 120 Å². The molecule has 0 aromatic heterocycles. The van der Waals surface area contributed by atoms with Crippen molar-refractivity contribution in [3.8, 4) is 5.75 Å². The Balaban J connectivity index is 1.48. The number of amides is 5. The van der Waals surface area contributed by atoms with Crippen LogP contribution < -0.4 is 20.7 Å². The van der Waals surface area contributed by atoms with Gasteiger partial charge in [-0.1, -0.05) is 25.3 Å². The van der Waals surface area contributed by atoms with Crippen LogP contribution >= 0.6 is 0 Å². The first kappa shape index (κ1) is 24.8. The van der Waals surface area contributed by atoms with Gasteiger partial charge in [0.2, 0.25) is 17.7 Å². The van der Waals surface area contributed by atoms with Crippen LogP contribution in [0.15, 0.2) is 24.3 Å². The molecule has 1 saturated carbocycles. The van der Waals surface area contributed by atoms with Crippen LogP contribution in [0.4, 0.5) is 10.5 Å². The Morgan fingerprint density at radius 1 is 1.06 bits per heavy atom. The summed E-state index contributed by atoms with van der Waals surface area (Å²) < 4.78 is 5.21. The molecule has 4 rings (SSSR count).